The Bertz CT molecular complexity index is 1370. The Labute approximate surface area is 283 Å². The average Bonchev–Trinajstić information content (AvgIpc) is 3.23. The standard InChI is InChI=1S/C31H47N3O9S3/c1-28(2,3)24(36)44-15-12-40-18-20-22(41-13-16-45-25(37)29(4,5)6)23(42-14-17-46-26(38)30(7,8)9)31(19-32,43-20)34-11-10-21(35)33-27(34)39/h10-11,20,22-23H,12-18H2,1-9H3,(H,33,35,39)/t20-,22?,23?,31-/m1/s1. The van der Waals surface area contributed by atoms with Crippen LogP contribution in [-0.4, -0.2) is 86.9 Å². The van der Waals surface area contributed by atoms with Gasteiger partial charge in [-0.25, -0.2) is 4.79 Å². The van der Waals surface area contributed by atoms with Crippen molar-refractivity contribution in [2.45, 2.75) is 86.4 Å². The minimum atomic E-state index is -2.07. The summed E-state index contributed by atoms with van der Waals surface area (Å²) in [6.07, 6.45) is -1.90. The topological polar surface area (TPSA) is 167 Å². The summed E-state index contributed by atoms with van der Waals surface area (Å²) in [6, 6.07) is 3.17. The van der Waals surface area contributed by atoms with E-state index in [-0.39, 0.29) is 47.5 Å². The quantitative estimate of drug-likeness (QED) is 0.279. The predicted octanol–water partition coefficient (Wildman–Crippen LogP) is 3.82. The molecule has 4 atom stereocenters. The van der Waals surface area contributed by atoms with Crippen molar-refractivity contribution in [2.75, 3.05) is 43.7 Å². The van der Waals surface area contributed by atoms with Gasteiger partial charge in [0.2, 0.25) is 0 Å². The second-order valence-electron chi connectivity index (χ2n) is 13.8. The van der Waals surface area contributed by atoms with Crippen molar-refractivity contribution in [3.63, 3.8) is 0 Å². The monoisotopic (exact) mass is 701 g/mol. The molecule has 258 valence electrons. The fraction of sp³-hybridized carbons (Fsp3) is 0.742. The molecule has 1 fully saturated rings. The van der Waals surface area contributed by atoms with Gasteiger partial charge in [0.25, 0.3) is 11.3 Å². The smallest absolute Gasteiger partial charge is 0.331 e. The lowest BCUT2D eigenvalue weighted by atomic mass is 9.99. The maximum Gasteiger partial charge on any atom is 0.331 e. The Morgan fingerprint density at radius 2 is 1.35 bits per heavy atom. The molecule has 1 aliphatic heterocycles. The van der Waals surface area contributed by atoms with E-state index in [0.717, 1.165) is 52.1 Å². The molecule has 1 saturated heterocycles. The number of nitrogens with one attached hydrogen (secondary N) is 1. The molecule has 0 aromatic carbocycles. The summed E-state index contributed by atoms with van der Waals surface area (Å²) in [6.45, 7) is 16.6. The van der Waals surface area contributed by atoms with Crippen molar-refractivity contribution in [2.24, 2.45) is 16.2 Å². The second kappa shape index (κ2) is 16.9. The van der Waals surface area contributed by atoms with Crippen LogP contribution in [-0.2, 0) is 39.1 Å². The highest BCUT2D eigenvalue weighted by atomic mass is 32.2. The maximum absolute atomic E-state index is 13.0. The number of hydrogen-bond acceptors (Lipinski definition) is 13. The first-order chi connectivity index (χ1) is 21.2. The van der Waals surface area contributed by atoms with Gasteiger partial charge in [-0.1, -0.05) is 97.6 Å². The number of nitrogens with zero attached hydrogens (tertiary/aromatic N) is 2. The largest absolute Gasteiger partial charge is 0.378 e. The molecule has 46 heavy (non-hydrogen) atoms. The fourth-order valence-electron chi connectivity index (χ4n) is 4.00. The number of rotatable bonds is 14. The average molecular weight is 702 g/mol. The molecule has 0 bridgehead atoms. The SMILES string of the molecule is CC(C)(C)C(=O)SCCOC[C@H]1O[C@@](C#N)(n2ccc(=O)[nH]c2=O)C(OCCSC(=O)C(C)(C)C)C1OCCSC(=O)C(C)(C)C. The molecular weight excluding hydrogens is 655 g/mol. The molecule has 0 saturated carbocycles. The third-order valence-electron chi connectivity index (χ3n) is 6.54. The molecule has 0 amide bonds. The summed E-state index contributed by atoms with van der Waals surface area (Å²) < 4.78 is 25.5. The van der Waals surface area contributed by atoms with E-state index in [9.17, 15) is 29.2 Å². The van der Waals surface area contributed by atoms with Crippen LogP contribution < -0.4 is 11.2 Å². The summed E-state index contributed by atoms with van der Waals surface area (Å²) in [5, 5.41) is 10.5. The van der Waals surface area contributed by atoms with Gasteiger partial charge in [0.05, 0.1) is 26.4 Å². The normalized spacial score (nSPS) is 22.0. The maximum atomic E-state index is 13.0. The Kier molecular flexibility index (Phi) is 14.8. The predicted molar refractivity (Wildman–Crippen MR) is 181 cm³/mol. The van der Waals surface area contributed by atoms with E-state index in [0.29, 0.717) is 11.5 Å². The van der Waals surface area contributed by atoms with Crippen LogP contribution in [0.3, 0.4) is 0 Å². The molecule has 15 heteroatoms. The third kappa shape index (κ3) is 11.4. The fourth-order valence-corrected chi connectivity index (χ4v) is 6.42. The Morgan fingerprint density at radius 1 is 0.870 bits per heavy atom. The molecule has 1 aromatic rings. The minimum Gasteiger partial charge on any atom is -0.378 e. The highest BCUT2D eigenvalue weighted by Crippen LogP contribution is 2.39. The lowest BCUT2D eigenvalue weighted by molar-refractivity contribution is -0.128. The van der Waals surface area contributed by atoms with Crippen LogP contribution in [0.25, 0.3) is 0 Å². The van der Waals surface area contributed by atoms with Crippen LogP contribution in [0, 0.1) is 27.6 Å². The van der Waals surface area contributed by atoms with E-state index in [4.69, 9.17) is 18.9 Å². The molecule has 1 N–H and O–H groups in total. The lowest BCUT2D eigenvalue weighted by Gasteiger charge is -2.30. The van der Waals surface area contributed by atoms with Crippen molar-refractivity contribution in [3.05, 3.63) is 33.1 Å². The molecule has 0 radical (unpaired) electrons. The molecule has 1 aromatic heterocycles. The van der Waals surface area contributed by atoms with Gasteiger partial charge in [-0.2, -0.15) is 5.26 Å². The van der Waals surface area contributed by atoms with E-state index >= 15 is 0 Å². The van der Waals surface area contributed by atoms with Crippen molar-refractivity contribution in [3.8, 4) is 6.07 Å². The minimum absolute atomic E-state index is 0.0122. The van der Waals surface area contributed by atoms with Crippen LogP contribution in [0.5, 0.6) is 0 Å². The number of nitriles is 1. The van der Waals surface area contributed by atoms with Gasteiger partial charge in [-0.05, 0) is 0 Å². The van der Waals surface area contributed by atoms with Crippen LogP contribution in [0.1, 0.15) is 62.3 Å². The number of aromatic nitrogens is 2. The van der Waals surface area contributed by atoms with E-state index in [2.05, 4.69) is 11.1 Å². The molecular formula is C31H47N3O9S3. The van der Waals surface area contributed by atoms with Gasteiger partial charge >= 0.3 is 5.69 Å². The van der Waals surface area contributed by atoms with E-state index in [1.165, 1.54) is 0 Å². The number of carbonyl (C=O) groups is 3. The Hall–Kier alpha value is -1.93. The van der Waals surface area contributed by atoms with Crippen LogP contribution in [0.15, 0.2) is 21.9 Å². The van der Waals surface area contributed by atoms with Gasteiger partial charge in [-0.15, -0.1) is 0 Å². The Morgan fingerprint density at radius 3 is 1.80 bits per heavy atom. The summed E-state index contributed by atoms with van der Waals surface area (Å²) in [5.41, 5.74) is -5.21. The molecule has 1 aliphatic rings. The number of carbonyl (C=O) groups excluding carboxylic acids is 3. The van der Waals surface area contributed by atoms with Crippen molar-refractivity contribution < 1.29 is 33.3 Å². The number of ether oxygens (including phenoxy) is 4. The van der Waals surface area contributed by atoms with Crippen molar-refractivity contribution >= 4 is 50.6 Å². The van der Waals surface area contributed by atoms with Gasteiger partial charge < -0.3 is 18.9 Å². The Balaban J connectivity index is 2.36. The summed E-state index contributed by atoms with van der Waals surface area (Å²) in [5.74, 6) is 0.964. The highest BCUT2D eigenvalue weighted by molar-refractivity contribution is 8.14. The zero-order chi connectivity index (χ0) is 34.9. The first-order valence-corrected chi connectivity index (χ1v) is 17.9. The van der Waals surface area contributed by atoms with Crippen LogP contribution in [0.2, 0.25) is 0 Å². The van der Waals surface area contributed by atoms with E-state index < -0.39 is 51.5 Å². The van der Waals surface area contributed by atoms with E-state index in [1.807, 2.05) is 62.3 Å². The zero-order valence-corrected chi connectivity index (χ0v) is 30.6. The van der Waals surface area contributed by atoms with E-state index in [1.54, 1.807) is 0 Å². The summed E-state index contributed by atoms with van der Waals surface area (Å²) >= 11 is 3.36. The molecule has 2 unspecified atom stereocenters. The third-order valence-corrected chi connectivity index (χ3v) is 10.3. The number of aromatic amines is 1. The summed E-state index contributed by atoms with van der Waals surface area (Å²) in [7, 11) is 0. The molecule has 0 aliphatic carbocycles. The zero-order valence-electron chi connectivity index (χ0n) is 28.1. The molecule has 2 rings (SSSR count). The first-order valence-electron chi connectivity index (χ1n) is 15.0. The molecule has 0 spiro atoms. The van der Waals surface area contributed by atoms with Crippen LogP contribution >= 0.6 is 35.3 Å². The number of hydrogen-bond donors (Lipinski definition) is 1. The van der Waals surface area contributed by atoms with Gasteiger partial charge in [-0.3, -0.25) is 28.7 Å². The number of H-pyrrole nitrogens is 1. The molecule has 2 heterocycles. The highest BCUT2D eigenvalue weighted by Gasteiger charge is 2.59. The van der Waals surface area contributed by atoms with Crippen molar-refractivity contribution in [1.82, 2.24) is 9.55 Å². The van der Waals surface area contributed by atoms with Crippen molar-refractivity contribution in [1.29, 1.82) is 5.26 Å². The van der Waals surface area contributed by atoms with Gasteiger partial charge in [0.15, 0.2) is 15.3 Å². The number of thioether (sulfide) groups is 3. The van der Waals surface area contributed by atoms with Gasteiger partial charge in [0, 0.05) is 45.8 Å². The van der Waals surface area contributed by atoms with Crippen LogP contribution in [0.4, 0.5) is 0 Å². The second-order valence-corrected chi connectivity index (χ2v) is 17.0. The first kappa shape index (κ1) is 40.2. The lowest BCUT2D eigenvalue weighted by Crippen LogP contribution is -2.52. The van der Waals surface area contributed by atoms with Gasteiger partial charge in [0.1, 0.15) is 24.4 Å². The summed E-state index contributed by atoms with van der Waals surface area (Å²) in [4.78, 5) is 64.3. The molecule has 12 nitrogen and oxygen atoms in total.